The Labute approximate surface area is 124 Å². The molecule has 1 aromatic carbocycles. The number of halogens is 1. The molecule has 0 spiro atoms. The number of aliphatic carboxylic acids is 1. The third-order valence-electron chi connectivity index (χ3n) is 3.17. The maximum Gasteiger partial charge on any atom is 0.321 e. The van der Waals surface area contributed by atoms with Gasteiger partial charge < -0.3 is 15.3 Å². The number of anilines is 1. The molecule has 2 rings (SSSR count). The molecule has 0 aromatic heterocycles. The molecule has 7 heteroatoms. The van der Waals surface area contributed by atoms with Gasteiger partial charge in [-0.2, -0.15) is 5.26 Å². The number of likely N-dealkylation sites (tertiary alicyclic amines) is 1. The third-order valence-corrected chi connectivity index (χ3v) is 3.82. The van der Waals surface area contributed by atoms with Crippen LogP contribution in [0.4, 0.5) is 10.5 Å². The van der Waals surface area contributed by atoms with E-state index in [-0.39, 0.29) is 12.6 Å². The summed E-state index contributed by atoms with van der Waals surface area (Å²) in [4.78, 5) is 24.3. The average molecular weight is 338 g/mol. The van der Waals surface area contributed by atoms with Crippen LogP contribution in [0.15, 0.2) is 22.7 Å². The van der Waals surface area contributed by atoms with Crippen LogP contribution in [0.5, 0.6) is 0 Å². The summed E-state index contributed by atoms with van der Waals surface area (Å²) in [6.45, 7) is 0.652. The zero-order chi connectivity index (χ0) is 14.7. The van der Waals surface area contributed by atoms with Gasteiger partial charge in [-0.3, -0.25) is 4.79 Å². The normalized spacial score (nSPS) is 17.6. The molecular formula is C13H12BrN3O3. The van der Waals surface area contributed by atoms with Crippen LogP contribution in [-0.4, -0.2) is 35.1 Å². The van der Waals surface area contributed by atoms with E-state index in [1.165, 1.54) is 4.90 Å². The molecule has 1 saturated heterocycles. The topological polar surface area (TPSA) is 93.4 Å². The molecule has 0 radical (unpaired) electrons. The van der Waals surface area contributed by atoms with E-state index in [9.17, 15) is 9.59 Å². The van der Waals surface area contributed by atoms with Crippen molar-refractivity contribution in [1.29, 1.82) is 5.26 Å². The van der Waals surface area contributed by atoms with Gasteiger partial charge in [0.05, 0.1) is 11.5 Å². The van der Waals surface area contributed by atoms with Crippen LogP contribution in [0, 0.1) is 17.2 Å². The highest BCUT2D eigenvalue weighted by Crippen LogP contribution is 2.22. The van der Waals surface area contributed by atoms with Crippen molar-refractivity contribution in [2.24, 2.45) is 5.92 Å². The van der Waals surface area contributed by atoms with Gasteiger partial charge in [-0.05, 0) is 40.5 Å². The van der Waals surface area contributed by atoms with E-state index in [0.717, 1.165) is 0 Å². The molecule has 1 atom stereocenters. The number of rotatable bonds is 2. The number of nitriles is 1. The number of carbonyl (C=O) groups excluding carboxylic acids is 1. The summed E-state index contributed by atoms with van der Waals surface area (Å²) in [5, 5.41) is 20.4. The Hall–Kier alpha value is -2.07. The van der Waals surface area contributed by atoms with Crippen LogP contribution in [0.3, 0.4) is 0 Å². The molecule has 2 amide bonds. The molecule has 0 aliphatic carbocycles. The van der Waals surface area contributed by atoms with Crippen LogP contribution in [0.25, 0.3) is 0 Å². The molecule has 20 heavy (non-hydrogen) atoms. The van der Waals surface area contributed by atoms with Crippen LogP contribution >= 0.6 is 15.9 Å². The second-order valence-corrected chi connectivity index (χ2v) is 5.36. The van der Waals surface area contributed by atoms with Crippen LogP contribution in [0.1, 0.15) is 12.0 Å². The second kappa shape index (κ2) is 5.92. The Balaban J connectivity index is 2.01. The highest BCUT2D eigenvalue weighted by atomic mass is 79.9. The first-order valence-electron chi connectivity index (χ1n) is 5.99. The Morgan fingerprint density at radius 3 is 2.80 bits per heavy atom. The van der Waals surface area contributed by atoms with Crippen molar-refractivity contribution in [2.45, 2.75) is 6.42 Å². The van der Waals surface area contributed by atoms with E-state index in [4.69, 9.17) is 10.4 Å². The van der Waals surface area contributed by atoms with Crippen molar-refractivity contribution >= 4 is 33.6 Å². The molecular weight excluding hydrogens is 326 g/mol. The Kier molecular flexibility index (Phi) is 4.25. The van der Waals surface area contributed by atoms with E-state index in [1.54, 1.807) is 18.2 Å². The largest absolute Gasteiger partial charge is 0.481 e. The van der Waals surface area contributed by atoms with Crippen LogP contribution in [0.2, 0.25) is 0 Å². The lowest BCUT2D eigenvalue weighted by Crippen LogP contribution is -2.33. The molecule has 104 valence electrons. The summed E-state index contributed by atoms with van der Waals surface area (Å²) in [6.07, 6.45) is 0.472. The van der Waals surface area contributed by atoms with Gasteiger partial charge in [0, 0.05) is 23.2 Å². The minimum atomic E-state index is -0.874. The maximum absolute atomic E-state index is 12.0. The Morgan fingerprint density at radius 1 is 1.50 bits per heavy atom. The lowest BCUT2D eigenvalue weighted by molar-refractivity contribution is -0.141. The van der Waals surface area contributed by atoms with Crippen LogP contribution < -0.4 is 5.32 Å². The molecule has 1 aliphatic rings. The monoisotopic (exact) mass is 337 g/mol. The number of nitrogens with one attached hydrogen (secondary N) is 1. The number of carboxylic acids is 1. The number of carboxylic acid groups (broad SMARTS) is 1. The van der Waals surface area contributed by atoms with E-state index in [2.05, 4.69) is 21.2 Å². The predicted molar refractivity (Wildman–Crippen MR) is 75.2 cm³/mol. The van der Waals surface area contributed by atoms with Crippen molar-refractivity contribution < 1.29 is 14.7 Å². The molecule has 0 saturated carbocycles. The predicted octanol–water partition coefficient (Wildman–Crippen LogP) is 2.26. The first-order valence-corrected chi connectivity index (χ1v) is 6.79. The molecule has 0 bridgehead atoms. The Morgan fingerprint density at radius 2 is 2.25 bits per heavy atom. The van der Waals surface area contributed by atoms with Gasteiger partial charge in [0.15, 0.2) is 0 Å². The highest BCUT2D eigenvalue weighted by Gasteiger charge is 2.30. The van der Waals surface area contributed by atoms with Gasteiger partial charge in [0.25, 0.3) is 0 Å². The first-order chi connectivity index (χ1) is 9.51. The maximum atomic E-state index is 12.0. The summed E-state index contributed by atoms with van der Waals surface area (Å²) >= 11 is 3.24. The molecule has 1 fully saturated rings. The molecule has 1 aromatic rings. The number of amides is 2. The van der Waals surface area contributed by atoms with Gasteiger partial charge >= 0.3 is 12.0 Å². The van der Waals surface area contributed by atoms with Gasteiger partial charge in [0.2, 0.25) is 0 Å². The number of hydrogen-bond donors (Lipinski definition) is 2. The fourth-order valence-electron chi connectivity index (χ4n) is 2.03. The standard InChI is InChI=1S/C13H12BrN3O3/c14-11-5-10(2-1-8(11)6-15)16-13(20)17-4-3-9(7-17)12(18)19/h1-2,5,9H,3-4,7H2,(H,16,20)(H,18,19). The minimum Gasteiger partial charge on any atom is -0.481 e. The van der Waals surface area contributed by atoms with Gasteiger partial charge in [-0.1, -0.05) is 0 Å². The van der Waals surface area contributed by atoms with Gasteiger partial charge in [-0.15, -0.1) is 0 Å². The second-order valence-electron chi connectivity index (χ2n) is 4.51. The summed E-state index contributed by atoms with van der Waals surface area (Å²) in [7, 11) is 0. The lowest BCUT2D eigenvalue weighted by atomic mass is 10.1. The zero-order valence-electron chi connectivity index (χ0n) is 10.5. The number of urea groups is 1. The van der Waals surface area contributed by atoms with Crippen molar-refractivity contribution in [1.82, 2.24) is 4.90 Å². The molecule has 2 N–H and O–H groups in total. The summed E-state index contributed by atoms with van der Waals surface area (Å²) in [5.41, 5.74) is 1.04. The molecule has 1 heterocycles. The lowest BCUT2D eigenvalue weighted by Gasteiger charge is -2.17. The Bertz CT molecular complexity index is 597. The molecule has 6 nitrogen and oxygen atoms in total. The average Bonchev–Trinajstić information content (AvgIpc) is 2.88. The van der Waals surface area contributed by atoms with E-state index in [1.807, 2.05) is 6.07 Å². The molecule has 1 unspecified atom stereocenters. The van der Waals surface area contributed by atoms with Crippen LogP contribution in [-0.2, 0) is 4.79 Å². The summed E-state index contributed by atoms with van der Waals surface area (Å²) in [6, 6.07) is 6.56. The summed E-state index contributed by atoms with van der Waals surface area (Å²) in [5.74, 6) is -1.37. The van der Waals surface area contributed by atoms with E-state index >= 15 is 0 Å². The van der Waals surface area contributed by atoms with E-state index < -0.39 is 11.9 Å². The van der Waals surface area contributed by atoms with Crippen molar-refractivity contribution in [3.63, 3.8) is 0 Å². The first kappa shape index (κ1) is 14.3. The fourth-order valence-corrected chi connectivity index (χ4v) is 2.50. The van der Waals surface area contributed by atoms with Gasteiger partial charge in [0.1, 0.15) is 6.07 Å². The fraction of sp³-hybridized carbons (Fsp3) is 0.308. The SMILES string of the molecule is N#Cc1ccc(NC(=O)N2CCC(C(=O)O)C2)cc1Br. The van der Waals surface area contributed by atoms with Crippen molar-refractivity contribution in [3.8, 4) is 6.07 Å². The number of nitrogens with zero attached hydrogens (tertiary/aromatic N) is 2. The minimum absolute atomic E-state index is 0.221. The molecule has 1 aliphatic heterocycles. The third kappa shape index (κ3) is 3.08. The van der Waals surface area contributed by atoms with E-state index in [0.29, 0.717) is 28.7 Å². The van der Waals surface area contributed by atoms with Crippen molar-refractivity contribution in [2.75, 3.05) is 18.4 Å². The smallest absolute Gasteiger partial charge is 0.321 e. The number of hydrogen-bond acceptors (Lipinski definition) is 3. The zero-order valence-corrected chi connectivity index (χ0v) is 12.1. The number of benzene rings is 1. The number of carbonyl (C=O) groups is 2. The van der Waals surface area contributed by atoms with Crippen molar-refractivity contribution in [3.05, 3.63) is 28.2 Å². The highest BCUT2D eigenvalue weighted by molar-refractivity contribution is 9.10. The quantitative estimate of drug-likeness (QED) is 0.865. The van der Waals surface area contributed by atoms with Gasteiger partial charge in [-0.25, -0.2) is 4.79 Å². The summed E-state index contributed by atoms with van der Waals surface area (Å²) < 4.78 is 0.600.